The van der Waals surface area contributed by atoms with Gasteiger partial charge in [-0.05, 0) is 25.1 Å². The first-order valence-corrected chi connectivity index (χ1v) is 6.83. The molecule has 0 aliphatic rings. The predicted molar refractivity (Wildman–Crippen MR) is 84.2 cm³/mol. The summed E-state index contributed by atoms with van der Waals surface area (Å²) < 4.78 is 6.85. The van der Waals surface area contributed by atoms with Gasteiger partial charge in [-0.1, -0.05) is 6.07 Å². The molecule has 0 spiro atoms. The van der Waals surface area contributed by atoms with Gasteiger partial charge in [0, 0.05) is 30.4 Å². The van der Waals surface area contributed by atoms with E-state index in [4.69, 9.17) is 4.74 Å². The van der Waals surface area contributed by atoms with Gasteiger partial charge in [-0.15, -0.1) is 0 Å². The number of fused-ring (bicyclic) bond motifs is 1. The Morgan fingerprint density at radius 3 is 2.91 bits per heavy atom. The van der Waals surface area contributed by atoms with Crippen LogP contribution in [0.25, 0.3) is 11.0 Å². The highest BCUT2D eigenvalue weighted by Gasteiger charge is 2.12. The van der Waals surface area contributed by atoms with Crippen LogP contribution in [0.15, 0.2) is 36.5 Å². The summed E-state index contributed by atoms with van der Waals surface area (Å²) in [6.07, 6.45) is 1.55. The zero-order chi connectivity index (χ0) is 15.7. The van der Waals surface area contributed by atoms with Crippen LogP contribution < -0.4 is 10.1 Å². The van der Waals surface area contributed by atoms with E-state index in [9.17, 15) is 4.79 Å². The third-order valence-corrected chi connectivity index (χ3v) is 3.45. The summed E-state index contributed by atoms with van der Waals surface area (Å²) in [5.74, 6) is 0.473. The standard InChI is InChI=1S/C16H16N4O2/c1-10-14-7-11(9-17-15(14)20(2)19-10)16(21)18-12-5-4-6-13(8-12)22-3/h4-9H,1-3H3,(H,18,21). The van der Waals surface area contributed by atoms with Crippen LogP contribution >= 0.6 is 0 Å². The first-order chi connectivity index (χ1) is 10.6. The van der Waals surface area contributed by atoms with Gasteiger partial charge in [0.25, 0.3) is 5.91 Å². The average Bonchev–Trinajstić information content (AvgIpc) is 2.81. The Labute approximate surface area is 127 Å². The van der Waals surface area contributed by atoms with Gasteiger partial charge in [0.15, 0.2) is 5.65 Å². The second-order valence-corrected chi connectivity index (χ2v) is 4.99. The molecule has 0 atom stereocenters. The maximum atomic E-state index is 12.4. The molecular formula is C16H16N4O2. The first kappa shape index (κ1) is 14.1. The summed E-state index contributed by atoms with van der Waals surface area (Å²) in [7, 11) is 3.42. The van der Waals surface area contributed by atoms with Gasteiger partial charge in [-0.2, -0.15) is 5.10 Å². The summed E-state index contributed by atoms with van der Waals surface area (Å²) >= 11 is 0. The Balaban J connectivity index is 1.90. The number of hydrogen-bond donors (Lipinski definition) is 1. The van der Waals surface area contributed by atoms with Crippen LogP contribution in [0.1, 0.15) is 16.1 Å². The average molecular weight is 296 g/mol. The highest BCUT2D eigenvalue weighted by atomic mass is 16.5. The van der Waals surface area contributed by atoms with E-state index in [2.05, 4.69) is 15.4 Å². The van der Waals surface area contributed by atoms with Crippen LogP contribution in [-0.2, 0) is 7.05 Å². The van der Waals surface area contributed by atoms with Gasteiger partial charge in [-0.3, -0.25) is 9.48 Å². The van der Waals surface area contributed by atoms with E-state index >= 15 is 0 Å². The van der Waals surface area contributed by atoms with Gasteiger partial charge in [0.2, 0.25) is 0 Å². The molecule has 0 radical (unpaired) electrons. The fourth-order valence-electron chi connectivity index (χ4n) is 2.34. The number of rotatable bonds is 3. The van der Waals surface area contributed by atoms with Crippen molar-refractivity contribution in [2.24, 2.45) is 7.05 Å². The molecule has 2 aromatic heterocycles. The highest BCUT2D eigenvalue weighted by molar-refractivity contribution is 6.05. The van der Waals surface area contributed by atoms with Crippen molar-refractivity contribution < 1.29 is 9.53 Å². The van der Waals surface area contributed by atoms with Gasteiger partial charge < -0.3 is 10.1 Å². The Hall–Kier alpha value is -2.89. The number of nitrogens with one attached hydrogen (secondary N) is 1. The summed E-state index contributed by atoms with van der Waals surface area (Å²) in [5.41, 5.74) is 2.77. The number of carbonyl (C=O) groups is 1. The zero-order valence-electron chi connectivity index (χ0n) is 12.6. The monoisotopic (exact) mass is 296 g/mol. The third kappa shape index (κ3) is 2.50. The second-order valence-electron chi connectivity index (χ2n) is 4.99. The van der Waals surface area contributed by atoms with Gasteiger partial charge in [0.05, 0.1) is 18.4 Å². The number of benzene rings is 1. The van der Waals surface area contributed by atoms with Crippen LogP contribution in [0, 0.1) is 6.92 Å². The molecule has 1 amide bonds. The summed E-state index contributed by atoms with van der Waals surface area (Å²) in [4.78, 5) is 16.7. The molecular weight excluding hydrogens is 280 g/mol. The van der Waals surface area contributed by atoms with Crippen molar-refractivity contribution in [1.82, 2.24) is 14.8 Å². The third-order valence-electron chi connectivity index (χ3n) is 3.45. The minimum atomic E-state index is -0.217. The number of aromatic nitrogens is 3. The van der Waals surface area contributed by atoms with Crippen molar-refractivity contribution in [3.8, 4) is 5.75 Å². The normalized spacial score (nSPS) is 10.7. The van der Waals surface area contributed by atoms with Crippen LogP contribution in [-0.4, -0.2) is 27.8 Å². The topological polar surface area (TPSA) is 69.0 Å². The maximum Gasteiger partial charge on any atom is 0.257 e. The fraction of sp³-hybridized carbons (Fsp3) is 0.188. The summed E-state index contributed by atoms with van der Waals surface area (Å²) in [6.45, 7) is 1.90. The molecule has 0 fully saturated rings. The van der Waals surface area contributed by atoms with Crippen molar-refractivity contribution >= 4 is 22.6 Å². The van der Waals surface area contributed by atoms with E-state index in [-0.39, 0.29) is 5.91 Å². The van der Waals surface area contributed by atoms with E-state index in [1.165, 1.54) is 0 Å². The molecule has 2 heterocycles. The Morgan fingerprint density at radius 2 is 2.14 bits per heavy atom. The van der Waals surface area contributed by atoms with E-state index in [1.807, 2.05) is 32.2 Å². The molecule has 1 N–H and O–H groups in total. The SMILES string of the molecule is COc1cccc(NC(=O)c2cnc3c(c2)c(C)nn3C)c1. The lowest BCUT2D eigenvalue weighted by Crippen LogP contribution is -2.12. The van der Waals surface area contributed by atoms with Crippen molar-refractivity contribution in [1.29, 1.82) is 0 Å². The molecule has 3 rings (SSSR count). The summed E-state index contributed by atoms with van der Waals surface area (Å²) in [6, 6.07) is 9.02. The minimum Gasteiger partial charge on any atom is -0.497 e. The Bertz CT molecular complexity index is 854. The molecule has 3 aromatic rings. The molecule has 112 valence electrons. The maximum absolute atomic E-state index is 12.4. The molecule has 0 aliphatic carbocycles. The molecule has 22 heavy (non-hydrogen) atoms. The van der Waals surface area contributed by atoms with Crippen LogP contribution in [0.4, 0.5) is 5.69 Å². The highest BCUT2D eigenvalue weighted by Crippen LogP contribution is 2.19. The van der Waals surface area contributed by atoms with E-state index in [0.29, 0.717) is 17.0 Å². The largest absolute Gasteiger partial charge is 0.497 e. The number of methoxy groups -OCH3 is 1. The van der Waals surface area contributed by atoms with Crippen LogP contribution in [0.3, 0.4) is 0 Å². The van der Waals surface area contributed by atoms with Crippen LogP contribution in [0.5, 0.6) is 5.75 Å². The van der Waals surface area contributed by atoms with Crippen molar-refractivity contribution in [3.63, 3.8) is 0 Å². The quantitative estimate of drug-likeness (QED) is 0.806. The number of nitrogens with zero attached hydrogens (tertiary/aromatic N) is 3. The number of amides is 1. The van der Waals surface area contributed by atoms with Crippen molar-refractivity contribution in [2.45, 2.75) is 6.92 Å². The lowest BCUT2D eigenvalue weighted by Gasteiger charge is -2.07. The number of hydrogen-bond acceptors (Lipinski definition) is 4. The van der Waals surface area contributed by atoms with Crippen LogP contribution in [0.2, 0.25) is 0 Å². The van der Waals surface area contributed by atoms with E-state index < -0.39 is 0 Å². The first-order valence-electron chi connectivity index (χ1n) is 6.83. The van der Waals surface area contributed by atoms with E-state index in [1.54, 1.807) is 30.1 Å². The molecule has 6 heteroatoms. The van der Waals surface area contributed by atoms with Gasteiger partial charge in [0.1, 0.15) is 5.75 Å². The predicted octanol–water partition coefficient (Wildman–Crippen LogP) is 2.54. The number of pyridine rings is 1. The van der Waals surface area contributed by atoms with E-state index in [0.717, 1.165) is 16.7 Å². The molecule has 0 aliphatic heterocycles. The Morgan fingerprint density at radius 1 is 1.32 bits per heavy atom. The van der Waals surface area contributed by atoms with Crippen molar-refractivity contribution in [2.75, 3.05) is 12.4 Å². The number of carbonyl (C=O) groups excluding carboxylic acids is 1. The number of anilines is 1. The molecule has 0 bridgehead atoms. The molecule has 6 nitrogen and oxygen atoms in total. The smallest absolute Gasteiger partial charge is 0.257 e. The van der Waals surface area contributed by atoms with Crippen molar-refractivity contribution in [3.05, 3.63) is 47.8 Å². The zero-order valence-corrected chi connectivity index (χ0v) is 12.6. The number of aryl methyl sites for hydroxylation is 2. The lowest BCUT2D eigenvalue weighted by molar-refractivity contribution is 0.102. The van der Waals surface area contributed by atoms with Gasteiger partial charge >= 0.3 is 0 Å². The number of ether oxygens (including phenoxy) is 1. The minimum absolute atomic E-state index is 0.217. The molecule has 0 saturated carbocycles. The fourth-order valence-corrected chi connectivity index (χ4v) is 2.34. The lowest BCUT2D eigenvalue weighted by atomic mass is 10.2. The molecule has 0 saturated heterocycles. The Kier molecular flexibility index (Phi) is 3.50. The molecule has 0 unspecified atom stereocenters. The molecule has 1 aromatic carbocycles. The second kappa shape index (κ2) is 5.48. The van der Waals surface area contributed by atoms with Gasteiger partial charge in [-0.25, -0.2) is 4.98 Å². The summed E-state index contributed by atoms with van der Waals surface area (Å²) in [5, 5.41) is 8.02.